The minimum atomic E-state index is -0.477. The topological polar surface area (TPSA) is 46.2 Å². The summed E-state index contributed by atoms with van der Waals surface area (Å²) in [5.41, 5.74) is 0.463. The molecule has 0 aromatic heterocycles. The summed E-state index contributed by atoms with van der Waals surface area (Å²) < 4.78 is 0.610. The second-order valence-electron chi connectivity index (χ2n) is 3.64. The molecule has 0 saturated heterocycles. The molecule has 1 atom stereocenters. The highest BCUT2D eigenvalue weighted by molar-refractivity contribution is 9.10. The first-order chi connectivity index (χ1) is 7.95. The molecule has 0 aliphatic heterocycles. The van der Waals surface area contributed by atoms with Crippen LogP contribution < -0.4 is 5.32 Å². The number of hydrogen-bond acceptors (Lipinski definition) is 2. The molecular formula is C12H13BrClNO2. The monoisotopic (exact) mass is 317 g/mol. The second kappa shape index (κ2) is 6.17. The predicted molar refractivity (Wildman–Crippen MR) is 71.4 cm³/mol. The van der Waals surface area contributed by atoms with Gasteiger partial charge in [-0.05, 0) is 41.1 Å². The van der Waals surface area contributed by atoms with Gasteiger partial charge in [0.1, 0.15) is 0 Å². The van der Waals surface area contributed by atoms with E-state index in [0.29, 0.717) is 21.5 Å². The second-order valence-corrected chi connectivity index (χ2v) is 4.93. The van der Waals surface area contributed by atoms with Crippen molar-refractivity contribution in [2.75, 3.05) is 0 Å². The molecule has 92 valence electrons. The van der Waals surface area contributed by atoms with Gasteiger partial charge in [-0.2, -0.15) is 0 Å². The number of carbonyl (C=O) groups excluding carboxylic acids is 2. The Hall–Kier alpha value is -0.870. The molecule has 0 aliphatic rings. The standard InChI is InChI=1S/C12H13BrClNO2/c1-3-11(16)7(2)15-12(17)9-5-4-8(14)6-10(9)13/h4-7H,3H2,1-2H3,(H,15,17). The number of nitrogens with one attached hydrogen (secondary N) is 1. The Kier molecular flexibility index (Phi) is 5.15. The Balaban J connectivity index is 2.80. The van der Waals surface area contributed by atoms with Gasteiger partial charge in [0.25, 0.3) is 5.91 Å². The van der Waals surface area contributed by atoms with E-state index in [1.54, 1.807) is 32.0 Å². The van der Waals surface area contributed by atoms with Gasteiger partial charge in [-0.25, -0.2) is 0 Å². The zero-order chi connectivity index (χ0) is 13.0. The van der Waals surface area contributed by atoms with E-state index in [1.807, 2.05) is 0 Å². The lowest BCUT2D eigenvalue weighted by Crippen LogP contribution is -2.38. The van der Waals surface area contributed by atoms with Crippen LogP contribution in [0.25, 0.3) is 0 Å². The van der Waals surface area contributed by atoms with Crippen LogP contribution in [0.15, 0.2) is 22.7 Å². The van der Waals surface area contributed by atoms with Crippen molar-refractivity contribution < 1.29 is 9.59 Å². The number of carbonyl (C=O) groups is 2. The molecule has 5 heteroatoms. The summed E-state index contributed by atoms with van der Waals surface area (Å²) in [6, 6.07) is 4.41. The number of amides is 1. The lowest BCUT2D eigenvalue weighted by molar-refractivity contribution is -0.120. The molecule has 1 rings (SSSR count). The van der Waals surface area contributed by atoms with Crippen molar-refractivity contribution in [1.82, 2.24) is 5.32 Å². The molecule has 17 heavy (non-hydrogen) atoms. The van der Waals surface area contributed by atoms with E-state index in [-0.39, 0.29) is 11.7 Å². The Morgan fingerprint density at radius 2 is 2.12 bits per heavy atom. The van der Waals surface area contributed by atoms with E-state index in [2.05, 4.69) is 21.2 Å². The molecule has 0 radical (unpaired) electrons. The fraction of sp³-hybridized carbons (Fsp3) is 0.333. The summed E-state index contributed by atoms with van der Waals surface area (Å²) in [5.74, 6) is -0.286. The van der Waals surface area contributed by atoms with Gasteiger partial charge in [0.05, 0.1) is 11.6 Å². The number of ketones is 1. The van der Waals surface area contributed by atoms with Crippen molar-refractivity contribution in [1.29, 1.82) is 0 Å². The summed E-state index contributed by atoms with van der Waals surface area (Å²) in [6.07, 6.45) is 0.406. The highest BCUT2D eigenvalue weighted by Gasteiger charge is 2.16. The average molecular weight is 319 g/mol. The average Bonchev–Trinajstić information content (AvgIpc) is 2.27. The molecule has 1 amide bonds. The van der Waals surface area contributed by atoms with Crippen molar-refractivity contribution in [3.8, 4) is 0 Å². The van der Waals surface area contributed by atoms with Crippen LogP contribution in [0.3, 0.4) is 0 Å². The molecule has 0 bridgehead atoms. The summed E-state index contributed by atoms with van der Waals surface area (Å²) >= 11 is 9.05. The Morgan fingerprint density at radius 1 is 1.47 bits per heavy atom. The molecule has 0 heterocycles. The van der Waals surface area contributed by atoms with Crippen LogP contribution in [0.1, 0.15) is 30.6 Å². The van der Waals surface area contributed by atoms with Crippen LogP contribution in [0.2, 0.25) is 5.02 Å². The highest BCUT2D eigenvalue weighted by atomic mass is 79.9. The number of halogens is 2. The van der Waals surface area contributed by atoms with Gasteiger partial charge < -0.3 is 5.32 Å². The number of hydrogen-bond donors (Lipinski definition) is 1. The molecule has 1 aromatic carbocycles. The van der Waals surface area contributed by atoms with E-state index >= 15 is 0 Å². The molecular weight excluding hydrogens is 305 g/mol. The normalized spacial score (nSPS) is 12.0. The Morgan fingerprint density at radius 3 is 2.65 bits per heavy atom. The van der Waals surface area contributed by atoms with Gasteiger partial charge in [-0.15, -0.1) is 0 Å². The maximum atomic E-state index is 11.9. The number of benzene rings is 1. The van der Waals surface area contributed by atoms with Crippen LogP contribution in [0.5, 0.6) is 0 Å². The molecule has 0 aliphatic carbocycles. The van der Waals surface area contributed by atoms with Crippen molar-refractivity contribution in [2.45, 2.75) is 26.3 Å². The molecule has 0 saturated carbocycles. The third-order valence-corrected chi connectivity index (χ3v) is 3.25. The van der Waals surface area contributed by atoms with E-state index in [4.69, 9.17) is 11.6 Å². The third-order valence-electron chi connectivity index (χ3n) is 2.35. The molecule has 3 nitrogen and oxygen atoms in total. The molecule has 1 N–H and O–H groups in total. The van der Waals surface area contributed by atoms with E-state index < -0.39 is 6.04 Å². The minimum Gasteiger partial charge on any atom is -0.342 e. The highest BCUT2D eigenvalue weighted by Crippen LogP contribution is 2.21. The van der Waals surface area contributed by atoms with Crippen LogP contribution in [0.4, 0.5) is 0 Å². The summed E-state index contributed by atoms with van der Waals surface area (Å²) in [6.45, 7) is 3.44. The maximum absolute atomic E-state index is 11.9. The minimum absolute atomic E-state index is 0.00318. The first-order valence-corrected chi connectivity index (χ1v) is 6.41. The zero-order valence-electron chi connectivity index (χ0n) is 9.59. The first kappa shape index (κ1) is 14.2. The van der Waals surface area contributed by atoms with Gasteiger partial charge in [0.2, 0.25) is 0 Å². The van der Waals surface area contributed by atoms with Gasteiger partial charge in [0.15, 0.2) is 5.78 Å². The zero-order valence-corrected chi connectivity index (χ0v) is 11.9. The van der Waals surface area contributed by atoms with E-state index in [1.165, 1.54) is 0 Å². The fourth-order valence-corrected chi connectivity index (χ4v) is 2.20. The number of Topliss-reactive ketones (excluding diaryl/α,β-unsaturated/α-hetero) is 1. The SMILES string of the molecule is CCC(=O)C(C)NC(=O)c1ccc(Cl)cc1Br. The third kappa shape index (κ3) is 3.82. The van der Waals surface area contributed by atoms with Gasteiger partial charge in [-0.3, -0.25) is 9.59 Å². The fourth-order valence-electron chi connectivity index (χ4n) is 1.33. The Bertz CT molecular complexity index is 448. The molecule has 1 aromatic rings. The number of rotatable bonds is 4. The smallest absolute Gasteiger partial charge is 0.252 e. The Labute approximate surface area is 114 Å². The van der Waals surface area contributed by atoms with Crippen molar-refractivity contribution >= 4 is 39.2 Å². The first-order valence-electron chi connectivity index (χ1n) is 5.24. The quantitative estimate of drug-likeness (QED) is 0.926. The lowest BCUT2D eigenvalue weighted by Gasteiger charge is -2.12. The summed E-state index contributed by atoms with van der Waals surface area (Å²) in [4.78, 5) is 23.2. The van der Waals surface area contributed by atoms with E-state index in [9.17, 15) is 9.59 Å². The van der Waals surface area contributed by atoms with Crippen LogP contribution >= 0.6 is 27.5 Å². The molecule has 1 unspecified atom stereocenters. The van der Waals surface area contributed by atoms with E-state index in [0.717, 1.165) is 0 Å². The predicted octanol–water partition coefficient (Wildman–Crippen LogP) is 3.20. The summed E-state index contributed by atoms with van der Waals surface area (Å²) in [7, 11) is 0. The molecule has 0 spiro atoms. The van der Waals surface area contributed by atoms with Crippen molar-refractivity contribution in [3.05, 3.63) is 33.3 Å². The molecule has 0 fully saturated rings. The van der Waals surface area contributed by atoms with Gasteiger partial charge in [0, 0.05) is 15.9 Å². The van der Waals surface area contributed by atoms with Gasteiger partial charge >= 0.3 is 0 Å². The van der Waals surface area contributed by atoms with Crippen molar-refractivity contribution in [3.63, 3.8) is 0 Å². The maximum Gasteiger partial charge on any atom is 0.252 e. The largest absolute Gasteiger partial charge is 0.342 e. The van der Waals surface area contributed by atoms with Crippen molar-refractivity contribution in [2.24, 2.45) is 0 Å². The van der Waals surface area contributed by atoms with Gasteiger partial charge in [-0.1, -0.05) is 18.5 Å². The lowest BCUT2D eigenvalue weighted by atomic mass is 10.1. The van der Waals surface area contributed by atoms with Crippen LogP contribution in [-0.2, 0) is 4.79 Å². The summed E-state index contributed by atoms with van der Waals surface area (Å²) in [5, 5.41) is 3.19. The van der Waals surface area contributed by atoms with Crippen LogP contribution in [-0.4, -0.2) is 17.7 Å². The van der Waals surface area contributed by atoms with Crippen LogP contribution in [0, 0.1) is 0 Å².